The molecule has 3 nitrogen and oxygen atoms in total. The molecular weight excluding hydrogens is 210 g/mol. The lowest BCUT2D eigenvalue weighted by atomic mass is 9.97. The fourth-order valence-electron chi connectivity index (χ4n) is 2.05. The van der Waals surface area contributed by atoms with Crippen LogP contribution in [0.15, 0.2) is 12.4 Å². The third-order valence-electron chi connectivity index (χ3n) is 3.42. The first-order valence-corrected chi connectivity index (χ1v) is 6.86. The zero-order valence-electron chi connectivity index (χ0n) is 11.7. The maximum absolute atomic E-state index is 4.42. The second kappa shape index (κ2) is 7.49. The SMILES string of the molecule is CCCNC(Cc1nccn1C)CC(C)CC. The molecule has 0 aliphatic carbocycles. The zero-order chi connectivity index (χ0) is 12.7. The topological polar surface area (TPSA) is 29.9 Å². The molecule has 0 bridgehead atoms. The van der Waals surface area contributed by atoms with Crippen molar-refractivity contribution in [1.29, 1.82) is 0 Å². The van der Waals surface area contributed by atoms with E-state index in [1.54, 1.807) is 0 Å². The highest BCUT2D eigenvalue weighted by Gasteiger charge is 2.14. The maximum atomic E-state index is 4.42. The molecule has 2 unspecified atom stereocenters. The quantitative estimate of drug-likeness (QED) is 0.753. The predicted octanol–water partition coefficient (Wildman–Crippen LogP) is 2.77. The lowest BCUT2D eigenvalue weighted by Crippen LogP contribution is -2.34. The molecule has 1 N–H and O–H groups in total. The van der Waals surface area contributed by atoms with Crippen LogP contribution in [0.4, 0.5) is 0 Å². The van der Waals surface area contributed by atoms with E-state index in [4.69, 9.17) is 0 Å². The minimum atomic E-state index is 0.561. The molecule has 0 saturated heterocycles. The Morgan fingerprint density at radius 1 is 1.41 bits per heavy atom. The molecule has 0 amide bonds. The van der Waals surface area contributed by atoms with E-state index in [2.05, 4.69) is 42.7 Å². The van der Waals surface area contributed by atoms with Crippen LogP contribution in [0.1, 0.15) is 45.9 Å². The van der Waals surface area contributed by atoms with Gasteiger partial charge < -0.3 is 9.88 Å². The van der Waals surface area contributed by atoms with Gasteiger partial charge in [-0.25, -0.2) is 4.98 Å². The van der Waals surface area contributed by atoms with Gasteiger partial charge >= 0.3 is 0 Å². The van der Waals surface area contributed by atoms with Crippen LogP contribution in [-0.4, -0.2) is 22.1 Å². The Hall–Kier alpha value is -0.830. The van der Waals surface area contributed by atoms with Crippen molar-refractivity contribution in [3.8, 4) is 0 Å². The standard InChI is InChI=1S/C14H27N3/c1-5-7-15-13(10-12(3)6-2)11-14-16-8-9-17(14)4/h8-9,12-13,15H,5-7,10-11H2,1-4H3. The number of nitrogens with zero attached hydrogens (tertiary/aromatic N) is 2. The molecule has 3 heteroatoms. The van der Waals surface area contributed by atoms with Crippen molar-refractivity contribution in [3.63, 3.8) is 0 Å². The number of nitrogens with one attached hydrogen (secondary N) is 1. The lowest BCUT2D eigenvalue weighted by Gasteiger charge is -2.21. The summed E-state index contributed by atoms with van der Waals surface area (Å²) in [5, 5.41) is 3.65. The predicted molar refractivity (Wildman–Crippen MR) is 73.1 cm³/mol. The Bertz CT molecular complexity index is 306. The van der Waals surface area contributed by atoms with Crippen LogP contribution >= 0.6 is 0 Å². The van der Waals surface area contributed by atoms with Crippen LogP contribution in [0, 0.1) is 5.92 Å². The zero-order valence-corrected chi connectivity index (χ0v) is 11.7. The number of hydrogen-bond acceptors (Lipinski definition) is 2. The van der Waals surface area contributed by atoms with Crippen molar-refractivity contribution in [3.05, 3.63) is 18.2 Å². The minimum absolute atomic E-state index is 0.561. The first-order chi connectivity index (χ1) is 8.17. The smallest absolute Gasteiger partial charge is 0.109 e. The number of hydrogen-bond donors (Lipinski definition) is 1. The second-order valence-corrected chi connectivity index (χ2v) is 5.06. The Morgan fingerprint density at radius 3 is 2.71 bits per heavy atom. The van der Waals surface area contributed by atoms with Crippen molar-refractivity contribution >= 4 is 0 Å². The van der Waals surface area contributed by atoms with E-state index in [9.17, 15) is 0 Å². The molecule has 1 aromatic heterocycles. The maximum Gasteiger partial charge on any atom is 0.109 e. The summed E-state index contributed by atoms with van der Waals surface area (Å²) in [6.45, 7) is 7.92. The summed E-state index contributed by atoms with van der Waals surface area (Å²) < 4.78 is 2.12. The van der Waals surface area contributed by atoms with Crippen molar-refractivity contribution < 1.29 is 0 Å². The van der Waals surface area contributed by atoms with Crippen LogP contribution in [0.3, 0.4) is 0 Å². The monoisotopic (exact) mass is 237 g/mol. The summed E-state index contributed by atoms with van der Waals surface area (Å²) in [5.41, 5.74) is 0. The van der Waals surface area contributed by atoms with E-state index in [0.717, 1.165) is 18.9 Å². The molecule has 0 spiro atoms. The summed E-state index contributed by atoms with van der Waals surface area (Å²) >= 11 is 0. The Kier molecular flexibility index (Phi) is 6.27. The highest BCUT2D eigenvalue weighted by molar-refractivity contribution is 4.94. The van der Waals surface area contributed by atoms with Gasteiger partial charge in [-0.15, -0.1) is 0 Å². The summed E-state index contributed by atoms with van der Waals surface area (Å²) in [4.78, 5) is 4.42. The molecule has 1 heterocycles. The molecule has 0 aliphatic rings. The van der Waals surface area contributed by atoms with Gasteiger partial charge in [-0.1, -0.05) is 27.2 Å². The van der Waals surface area contributed by atoms with Crippen LogP contribution in [0.5, 0.6) is 0 Å². The summed E-state index contributed by atoms with van der Waals surface area (Å²) in [5.74, 6) is 1.96. The van der Waals surface area contributed by atoms with E-state index in [1.165, 1.54) is 25.1 Å². The molecule has 1 rings (SSSR count). The van der Waals surface area contributed by atoms with Crippen LogP contribution in [-0.2, 0) is 13.5 Å². The van der Waals surface area contributed by atoms with Gasteiger partial charge in [-0.3, -0.25) is 0 Å². The average Bonchev–Trinajstić information content (AvgIpc) is 2.71. The normalized spacial score (nSPS) is 14.8. The number of aryl methyl sites for hydroxylation is 1. The third kappa shape index (κ3) is 4.90. The molecule has 0 radical (unpaired) electrons. The number of imidazole rings is 1. The van der Waals surface area contributed by atoms with Gasteiger partial charge in [0, 0.05) is 31.9 Å². The van der Waals surface area contributed by atoms with Gasteiger partial charge in [0.15, 0.2) is 0 Å². The van der Waals surface area contributed by atoms with Crippen LogP contribution < -0.4 is 5.32 Å². The van der Waals surface area contributed by atoms with Crippen molar-refractivity contribution in [2.45, 2.75) is 52.5 Å². The molecule has 0 saturated carbocycles. The molecule has 2 atom stereocenters. The van der Waals surface area contributed by atoms with Gasteiger partial charge in [-0.2, -0.15) is 0 Å². The molecule has 0 aliphatic heterocycles. The summed E-state index contributed by atoms with van der Waals surface area (Å²) in [7, 11) is 2.07. The molecule has 17 heavy (non-hydrogen) atoms. The summed E-state index contributed by atoms with van der Waals surface area (Å²) in [6.07, 6.45) is 8.63. The van der Waals surface area contributed by atoms with Crippen molar-refractivity contribution in [2.75, 3.05) is 6.54 Å². The van der Waals surface area contributed by atoms with Gasteiger partial charge in [0.2, 0.25) is 0 Å². The Balaban J connectivity index is 2.53. The van der Waals surface area contributed by atoms with E-state index in [0.29, 0.717) is 6.04 Å². The van der Waals surface area contributed by atoms with E-state index >= 15 is 0 Å². The molecular formula is C14H27N3. The average molecular weight is 237 g/mol. The van der Waals surface area contributed by atoms with Gasteiger partial charge in [0.1, 0.15) is 5.82 Å². The van der Waals surface area contributed by atoms with Gasteiger partial charge in [-0.05, 0) is 25.3 Å². The van der Waals surface area contributed by atoms with E-state index in [1.807, 2.05) is 12.4 Å². The fourth-order valence-corrected chi connectivity index (χ4v) is 2.05. The third-order valence-corrected chi connectivity index (χ3v) is 3.42. The molecule has 0 fully saturated rings. The molecule has 1 aromatic rings. The van der Waals surface area contributed by atoms with E-state index < -0.39 is 0 Å². The van der Waals surface area contributed by atoms with E-state index in [-0.39, 0.29) is 0 Å². The number of aromatic nitrogens is 2. The lowest BCUT2D eigenvalue weighted by molar-refractivity contribution is 0.385. The molecule has 0 aromatic carbocycles. The highest BCUT2D eigenvalue weighted by Crippen LogP contribution is 2.13. The Morgan fingerprint density at radius 2 is 2.18 bits per heavy atom. The van der Waals surface area contributed by atoms with Gasteiger partial charge in [0.05, 0.1) is 0 Å². The first-order valence-electron chi connectivity index (χ1n) is 6.86. The fraction of sp³-hybridized carbons (Fsp3) is 0.786. The second-order valence-electron chi connectivity index (χ2n) is 5.06. The largest absolute Gasteiger partial charge is 0.338 e. The van der Waals surface area contributed by atoms with Crippen molar-refractivity contribution in [1.82, 2.24) is 14.9 Å². The van der Waals surface area contributed by atoms with Crippen molar-refractivity contribution in [2.24, 2.45) is 13.0 Å². The summed E-state index contributed by atoms with van der Waals surface area (Å²) in [6, 6.07) is 0.561. The number of rotatable bonds is 8. The van der Waals surface area contributed by atoms with Crippen LogP contribution in [0.25, 0.3) is 0 Å². The van der Waals surface area contributed by atoms with Gasteiger partial charge in [0.25, 0.3) is 0 Å². The highest BCUT2D eigenvalue weighted by atomic mass is 15.0. The molecule has 98 valence electrons. The van der Waals surface area contributed by atoms with Crippen LogP contribution in [0.2, 0.25) is 0 Å². The Labute approximate surface area is 106 Å². The minimum Gasteiger partial charge on any atom is -0.338 e. The first kappa shape index (κ1) is 14.2.